The van der Waals surface area contributed by atoms with Crippen LogP contribution < -0.4 is 5.32 Å². The zero-order chi connectivity index (χ0) is 18.4. The maximum atomic E-state index is 12.6. The lowest BCUT2D eigenvalue weighted by molar-refractivity contribution is -0.136. The molecule has 3 fully saturated rings. The zero-order valence-corrected chi connectivity index (χ0v) is 16.4. The van der Waals surface area contributed by atoms with Crippen LogP contribution in [0.25, 0.3) is 0 Å². The van der Waals surface area contributed by atoms with Gasteiger partial charge in [0.1, 0.15) is 0 Å². The Hall–Kier alpha value is -1.14. The lowest BCUT2D eigenvalue weighted by Crippen LogP contribution is -2.53. The highest BCUT2D eigenvalue weighted by Crippen LogP contribution is 2.18. The van der Waals surface area contributed by atoms with E-state index in [1.165, 1.54) is 25.7 Å². The van der Waals surface area contributed by atoms with E-state index >= 15 is 0 Å². The van der Waals surface area contributed by atoms with Gasteiger partial charge in [-0.1, -0.05) is 19.3 Å². The number of hydrogen-bond donors (Lipinski definition) is 1. The highest BCUT2D eigenvalue weighted by atomic mass is 16.2. The van der Waals surface area contributed by atoms with E-state index in [1.807, 2.05) is 0 Å². The summed E-state index contributed by atoms with van der Waals surface area (Å²) < 4.78 is 0. The molecular weight excluding hydrogens is 328 g/mol. The third-order valence-electron chi connectivity index (χ3n) is 6.28. The van der Waals surface area contributed by atoms with Crippen LogP contribution in [0.5, 0.6) is 0 Å². The van der Waals surface area contributed by atoms with E-state index in [1.54, 1.807) is 0 Å². The van der Waals surface area contributed by atoms with E-state index in [9.17, 15) is 9.59 Å². The molecule has 0 radical (unpaired) electrons. The molecule has 1 atom stereocenters. The molecule has 0 aromatic carbocycles. The Morgan fingerprint density at radius 1 is 0.808 bits per heavy atom. The van der Waals surface area contributed by atoms with Crippen molar-refractivity contribution < 1.29 is 9.59 Å². The fourth-order valence-electron chi connectivity index (χ4n) is 4.58. The SMILES string of the molecule is CC1CCCCN1C(=O)CN1CCN(CC(=O)NC2CCCCC2)CC1. The number of carbonyl (C=O) groups is 2. The molecule has 1 saturated carbocycles. The molecule has 2 aliphatic heterocycles. The summed E-state index contributed by atoms with van der Waals surface area (Å²) in [6.45, 7) is 7.63. The van der Waals surface area contributed by atoms with Gasteiger partial charge in [0.15, 0.2) is 0 Å². The van der Waals surface area contributed by atoms with E-state index in [4.69, 9.17) is 0 Å². The van der Waals surface area contributed by atoms with Gasteiger partial charge in [-0.15, -0.1) is 0 Å². The van der Waals surface area contributed by atoms with Gasteiger partial charge in [0.2, 0.25) is 11.8 Å². The Morgan fingerprint density at radius 3 is 2.08 bits per heavy atom. The Kier molecular flexibility index (Phi) is 7.32. The molecule has 6 heteroatoms. The summed E-state index contributed by atoms with van der Waals surface area (Å²) in [7, 11) is 0. The second kappa shape index (κ2) is 9.70. The van der Waals surface area contributed by atoms with E-state index in [-0.39, 0.29) is 11.8 Å². The molecule has 2 heterocycles. The molecular formula is C20H36N4O2. The van der Waals surface area contributed by atoms with Gasteiger partial charge in [0, 0.05) is 44.8 Å². The molecule has 0 aromatic rings. The predicted octanol–water partition coefficient (Wildman–Crippen LogP) is 1.45. The van der Waals surface area contributed by atoms with Crippen LogP contribution in [0.2, 0.25) is 0 Å². The number of carbonyl (C=O) groups excluding carboxylic acids is 2. The lowest BCUT2D eigenvalue weighted by Gasteiger charge is -2.38. The van der Waals surface area contributed by atoms with Crippen LogP contribution in [0.15, 0.2) is 0 Å². The molecule has 2 amide bonds. The minimum Gasteiger partial charge on any atom is -0.352 e. The first kappa shape index (κ1) is 19.6. The summed E-state index contributed by atoms with van der Waals surface area (Å²) in [5.74, 6) is 0.448. The van der Waals surface area contributed by atoms with Crippen molar-refractivity contribution in [2.45, 2.75) is 70.4 Å². The quantitative estimate of drug-likeness (QED) is 0.802. The summed E-state index contributed by atoms with van der Waals surface area (Å²) in [6.07, 6.45) is 9.58. The number of amides is 2. The number of piperidine rings is 1. The van der Waals surface area contributed by atoms with Crippen molar-refractivity contribution in [3.63, 3.8) is 0 Å². The molecule has 0 bridgehead atoms. The smallest absolute Gasteiger partial charge is 0.236 e. The normalized spacial score (nSPS) is 26.7. The molecule has 1 unspecified atom stereocenters. The van der Waals surface area contributed by atoms with E-state index < -0.39 is 0 Å². The molecule has 0 aromatic heterocycles. The number of nitrogens with one attached hydrogen (secondary N) is 1. The minimum absolute atomic E-state index is 0.170. The van der Waals surface area contributed by atoms with Crippen molar-refractivity contribution in [1.29, 1.82) is 0 Å². The number of piperazine rings is 1. The Bertz CT molecular complexity index is 470. The van der Waals surface area contributed by atoms with Crippen molar-refractivity contribution in [3.05, 3.63) is 0 Å². The third kappa shape index (κ3) is 5.68. The van der Waals surface area contributed by atoms with Crippen LogP contribution in [0.3, 0.4) is 0 Å². The summed E-state index contributed by atoms with van der Waals surface area (Å²) >= 11 is 0. The van der Waals surface area contributed by atoms with Gasteiger partial charge >= 0.3 is 0 Å². The summed E-state index contributed by atoms with van der Waals surface area (Å²) in [4.78, 5) is 31.4. The number of hydrogen-bond acceptors (Lipinski definition) is 4. The van der Waals surface area contributed by atoms with Gasteiger partial charge in [-0.3, -0.25) is 19.4 Å². The highest BCUT2D eigenvalue weighted by molar-refractivity contribution is 5.79. The molecule has 6 nitrogen and oxygen atoms in total. The fourth-order valence-corrected chi connectivity index (χ4v) is 4.58. The van der Waals surface area contributed by atoms with Crippen LogP contribution in [0.4, 0.5) is 0 Å². The number of rotatable bonds is 5. The second-order valence-electron chi connectivity index (χ2n) is 8.39. The predicted molar refractivity (Wildman–Crippen MR) is 103 cm³/mol. The number of likely N-dealkylation sites (tertiary alicyclic amines) is 1. The molecule has 1 N–H and O–H groups in total. The molecule has 1 aliphatic carbocycles. The lowest BCUT2D eigenvalue weighted by atomic mass is 9.95. The Balaban J connectivity index is 1.34. The second-order valence-corrected chi connectivity index (χ2v) is 8.39. The van der Waals surface area contributed by atoms with Gasteiger partial charge < -0.3 is 10.2 Å². The molecule has 2 saturated heterocycles. The third-order valence-corrected chi connectivity index (χ3v) is 6.28. The largest absolute Gasteiger partial charge is 0.352 e. The topological polar surface area (TPSA) is 55.9 Å². The number of nitrogens with zero attached hydrogens (tertiary/aromatic N) is 3. The van der Waals surface area contributed by atoms with Crippen molar-refractivity contribution in [2.75, 3.05) is 45.8 Å². The average molecular weight is 365 g/mol. The van der Waals surface area contributed by atoms with Gasteiger partial charge in [-0.2, -0.15) is 0 Å². The molecule has 148 valence electrons. The minimum atomic E-state index is 0.170. The van der Waals surface area contributed by atoms with Crippen LogP contribution in [-0.4, -0.2) is 84.4 Å². The fraction of sp³-hybridized carbons (Fsp3) is 0.900. The van der Waals surface area contributed by atoms with Gasteiger partial charge in [0.25, 0.3) is 0 Å². The molecule has 3 rings (SSSR count). The van der Waals surface area contributed by atoms with Gasteiger partial charge in [-0.25, -0.2) is 0 Å². The summed E-state index contributed by atoms with van der Waals surface area (Å²) in [5.41, 5.74) is 0. The Morgan fingerprint density at radius 2 is 1.42 bits per heavy atom. The maximum Gasteiger partial charge on any atom is 0.236 e. The molecule has 0 spiro atoms. The maximum absolute atomic E-state index is 12.6. The standard InChI is InChI=1S/C20H36N4O2/c1-17-7-5-6-10-24(17)20(26)16-23-13-11-22(12-14-23)15-19(25)21-18-8-3-2-4-9-18/h17-18H,2-16H2,1H3,(H,21,25). The van der Waals surface area contributed by atoms with E-state index in [0.29, 0.717) is 25.2 Å². The van der Waals surface area contributed by atoms with Crippen molar-refractivity contribution in [2.24, 2.45) is 0 Å². The first-order valence-corrected chi connectivity index (χ1v) is 10.7. The van der Waals surface area contributed by atoms with Crippen molar-refractivity contribution in [3.8, 4) is 0 Å². The monoisotopic (exact) mass is 364 g/mol. The van der Waals surface area contributed by atoms with Crippen LogP contribution in [0, 0.1) is 0 Å². The van der Waals surface area contributed by atoms with E-state index in [0.717, 1.165) is 58.4 Å². The van der Waals surface area contributed by atoms with E-state index in [2.05, 4.69) is 26.9 Å². The Labute approximate surface area is 158 Å². The highest BCUT2D eigenvalue weighted by Gasteiger charge is 2.27. The summed E-state index contributed by atoms with van der Waals surface area (Å²) in [6, 6.07) is 0.780. The van der Waals surface area contributed by atoms with Crippen molar-refractivity contribution >= 4 is 11.8 Å². The van der Waals surface area contributed by atoms with Crippen LogP contribution in [0.1, 0.15) is 58.3 Å². The average Bonchev–Trinajstić information content (AvgIpc) is 2.64. The van der Waals surface area contributed by atoms with Gasteiger partial charge in [0.05, 0.1) is 13.1 Å². The molecule has 3 aliphatic rings. The molecule has 26 heavy (non-hydrogen) atoms. The van der Waals surface area contributed by atoms with Gasteiger partial charge in [-0.05, 0) is 39.0 Å². The summed E-state index contributed by atoms with van der Waals surface area (Å²) in [5, 5.41) is 3.20. The van der Waals surface area contributed by atoms with Crippen LogP contribution in [-0.2, 0) is 9.59 Å². The first-order chi connectivity index (χ1) is 12.6. The van der Waals surface area contributed by atoms with Crippen molar-refractivity contribution in [1.82, 2.24) is 20.0 Å². The first-order valence-electron chi connectivity index (χ1n) is 10.7. The zero-order valence-electron chi connectivity index (χ0n) is 16.4. The van der Waals surface area contributed by atoms with Crippen LogP contribution >= 0.6 is 0 Å².